The standard InChI is InChI=1S/C20H27N5O/c1-17-6-7-19(23-22-17)25-11-12-26-16-20(15-25)8-4-10-24(14-20)13-18-5-2-3-9-21-18/h2-3,5-7,9H,4,8,10-16H2,1H3/t20-/m1/s1. The second-order valence-corrected chi connectivity index (χ2v) is 7.64. The van der Waals surface area contributed by atoms with Crippen LogP contribution in [0.4, 0.5) is 5.82 Å². The number of pyridine rings is 1. The molecule has 138 valence electrons. The Morgan fingerprint density at radius 3 is 2.88 bits per heavy atom. The van der Waals surface area contributed by atoms with Gasteiger partial charge in [-0.05, 0) is 50.6 Å². The van der Waals surface area contributed by atoms with Gasteiger partial charge in [0.05, 0.1) is 24.6 Å². The van der Waals surface area contributed by atoms with Gasteiger partial charge >= 0.3 is 0 Å². The van der Waals surface area contributed by atoms with Crippen molar-refractivity contribution in [1.29, 1.82) is 0 Å². The van der Waals surface area contributed by atoms with Crippen LogP contribution in [0.25, 0.3) is 0 Å². The van der Waals surface area contributed by atoms with Crippen molar-refractivity contribution in [3.8, 4) is 0 Å². The fourth-order valence-corrected chi connectivity index (χ4v) is 4.16. The summed E-state index contributed by atoms with van der Waals surface area (Å²) in [5.74, 6) is 0.960. The Kier molecular flexibility index (Phi) is 5.13. The van der Waals surface area contributed by atoms with Gasteiger partial charge in [-0.1, -0.05) is 6.07 Å². The molecule has 4 rings (SSSR count). The number of likely N-dealkylation sites (tertiary alicyclic amines) is 1. The molecule has 4 heterocycles. The summed E-state index contributed by atoms with van der Waals surface area (Å²) in [6, 6.07) is 10.3. The van der Waals surface area contributed by atoms with Gasteiger partial charge in [-0.3, -0.25) is 9.88 Å². The van der Waals surface area contributed by atoms with Crippen molar-refractivity contribution in [2.45, 2.75) is 26.3 Å². The van der Waals surface area contributed by atoms with Crippen LogP contribution in [0, 0.1) is 12.3 Å². The number of rotatable bonds is 3. The number of hydrogen-bond acceptors (Lipinski definition) is 6. The SMILES string of the molecule is Cc1ccc(N2CCOC[C@@]3(CCCN(Cc4ccccn4)C3)C2)nn1. The van der Waals surface area contributed by atoms with Gasteiger partial charge in [0.15, 0.2) is 5.82 Å². The topological polar surface area (TPSA) is 54.4 Å². The maximum Gasteiger partial charge on any atom is 0.151 e. The number of aromatic nitrogens is 3. The molecular weight excluding hydrogens is 326 g/mol. The quantitative estimate of drug-likeness (QED) is 0.844. The molecule has 0 aromatic carbocycles. The smallest absolute Gasteiger partial charge is 0.151 e. The summed E-state index contributed by atoms with van der Waals surface area (Å²) in [5, 5.41) is 8.64. The molecule has 6 nitrogen and oxygen atoms in total. The fourth-order valence-electron chi connectivity index (χ4n) is 4.16. The van der Waals surface area contributed by atoms with E-state index in [-0.39, 0.29) is 5.41 Å². The van der Waals surface area contributed by atoms with Crippen LogP contribution in [0.5, 0.6) is 0 Å². The normalized spacial score (nSPS) is 24.6. The zero-order valence-electron chi connectivity index (χ0n) is 15.5. The van der Waals surface area contributed by atoms with Crippen molar-refractivity contribution >= 4 is 5.82 Å². The van der Waals surface area contributed by atoms with Gasteiger partial charge in [-0.25, -0.2) is 0 Å². The van der Waals surface area contributed by atoms with Crippen molar-refractivity contribution in [1.82, 2.24) is 20.1 Å². The lowest BCUT2D eigenvalue weighted by atomic mass is 9.80. The Morgan fingerprint density at radius 1 is 1.12 bits per heavy atom. The van der Waals surface area contributed by atoms with Crippen molar-refractivity contribution < 1.29 is 4.74 Å². The van der Waals surface area contributed by atoms with Crippen molar-refractivity contribution in [2.75, 3.05) is 44.3 Å². The molecule has 0 unspecified atom stereocenters. The summed E-state index contributed by atoms with van der Waals surface area (Å²) in [4.78, 5) is 9.37. The van der Waals surface area contributed by atoms with Crippen molar-refractivity contribution in [3.63, 3.8) is 0 Å². The van der Waals surface area contributed by atoms with Crippen molar-refractivity contribution in [2.24, 2.45) is 5.41 Å². The van der Waals surface area contributed by atoms with Gasteiger partial charge in [0, 0.05) is 37.8 Å². The molecule has 1 spiro atoms. The van der Waals surface area contributed by atoms with E-state index in [0.29, 0.717) is 0 Å². The van der Waals surface area contributed by atoms with Gasteiger partial charge in [0.2, 0.25) is 0 Å². The third-order valence-electron chi connectivity index (χ3n) is 5.40. The Labute approximate surface area is 155 Å². The van der Waals surface area contributed by atoms with Crippen LogP contribution in [0.3, 0.4) is 0 Å². The minimum Gasteiger partial charge on any atom is -0.379 e. The molecule has 0 saturated carbocycles. The third-order valence-corrected chi connectivity index (χ3v) is 5.40. The largest absolute Gasteiger partial charge is 0.379 e. The molecule has 0 aliphatic carbocycles. The molecule has 0 amide bonds. The minimum atomic E-state index is 0.149. The number of nitrogens with zero attached hydrogens (tertiary/aromatic N) is 5. The molecule has 2 aromatic rings. The minimum absolute atomic E-state index is 0.149. The molecular formula is C20H27N5O. The van der Waals surface area contributed by atoms with Crippen LogP contribution in [0.2, 0.25) is 0 Å². The van der Waals surface area contributed by atoms with E-state index in [9.17, 15) is 0 Å². The molecule has 2 aliphatic rings. The van der Waals surface area contributed by atoms with E-state index in [2.05, 4.69) is 43.2 Å². The highest BCUT2D eigenvalue weighted by Gasteiger charge is 2.39. The molecule has 6 heteroatoms. The van der Waals surface area contributed by atoms with Gasteiger partial charge < -0.3 is 9.64 Å². The number of ether oxygens (including phenoxy) is 1. The van der Waals surface area contributed by atoms with Gasteiger partial charge in [0.1, 0.15) is 0 Å². The lowest BCUT2D eigenvalue weighted by Gasteiger charge is -2.43. The van der Waals surface area contributed by atoms with E-state index >= 15 is 0 Å². The summed E-state index contributed by atoms with van der Waals surface area (Å²) in [5.41, 5.74) is 2.24. The summed E-state index contributed by atoms with van der Waals surface area (Å²) in [6.45, 7) is 8.47. The number of piperidine rings is 1. The second kappa shape index (κ2) is 7.68. The fraction of sp³-hybridized carbons (Fsp3) is 0.550. The van der Waals surface area contributed by atoms with E-state index in [1.165, 1.54) is 12.8 Å². The number of aryl methyl sites for hydroxylation is 1. The van der Waals surface area contributed by atoms with Gasteiger partial charge in [-0.15, -0.1) is 5.10 Å². The van der Waals surface area contributed by atoms with E-state index in [1.54, 1.807) is 0 Å². The van der Waals surface area contributed by atoms with Crippen LogP contribution in [0.1, 0.15) is 24.2 Å². The second-order valence-electron chi connectivity index (χ2n) is 7.64. The van der Waals surface area contributed by atoms with Crippen LogP contribution in [-0.4, -0.2) is 59.5 Å². The van der Waals surface area contributed by atoms with Gasteiger partial charge in [0.25, 0.3) is 0 Å². The average molecular weight is 353 g/mol. The highest BCUT2D eigenvalue weighted by molar-refractivity contribution is 5.38. The first-order valence-electron chi connectivity index (χ1n) is 9.48. The van der Waals surface area contributed by atoms with E-state index in [4.69, 9.17) is 4.74 Å². The summed E-state index contributed by atoms with van der Waals surface area (Å²) in [7, 11) is 0. The van der Waals surface area contributed by atoms with Gasteiger partial charge in [-0.2, -0.15) is 5.10 Å². The highest BCUT2D eigenvalue weighted by atomic mass is 16.5. The lowest BCUT2D eigenvalue weighted by molar-refractivity contribution is 0.0103. The average Bonchev–Trinajstić information content (AvgIpc) is 2.86. The van der Waals surface area contributed by atoms with Crippen LogP contribution >= 0.6 is 0 Å². The predicted octanol–water partition coefficient (Wildman–Crippen LogP) is 2.30. The summed E-state index contributed by atoms with van der Waals surface area (Å²) >= 11 is 0. The molecule has 1 atom stereocenters. The number of hydrogen-bond donors (Lipinski definition) is 0. The highest BCUT2D eigenvalue weighted by Crippen LogP contribution is 2.34. The van der Waals surface area contributed by atoms with E-state index in [0.717, 1.165) is 63.1 Å². The third kappa shape index (κ3) is 4.02. The summed E-state index contributed by atoms with van der Waals surface area (Å²) < 4.78 is 6.03. The van der Waals surface area contributed by atoms with E-state index in [1.807, 2.05) is 25.3 Å². The first-order chi connectivity index (χ1) is 12.7. The lowest BCUT2D eigenvalue weighted by Crippen LogP contribution is -2.50. The Morgan fingerprint density at radius 2 is 2.08 bits per heavy atom. The van der Waals surface area contributed by atoms with E-state index < -0.39 is 0 Å². The zero-order chi connectivity index (χ0) is 17.8. The predicted molar refractivity (Wildman–Crippen MR) is 101 cm³/mol. The molecule has 2 aliphatic heterocycles. The Hall–Kier alpha value is -2.05. The Balaban J connectivity index is 1.49. The molecule has 0 N–H and O–H groups in total. The number of anilines is 1. The first kappa shape index (κ1) is 17.4. The zero-order valence-corrected chi connectivity index (χ0v) is 15.5. The monoisotopic (exact) mass is 353 g/mol. The molecule has 2 saturated heterocycles. The van der Waals surface area contributed by atoms with Crippen LogP contribution in [0.15, 0.2) is 36.5 Å². The molecule has 0 radical (unpaired) electrons. The van der Waals surface area contributed by atoms with Crippen molar-refractivity contribution in [3.05, 3.63) is 47.9 Å². The summed E-state index contributed by atoms with van der Waals surface area (Å²) in [6.07, 6.45) is 4.27. The molecule has 2 fully saturated rings. The molecule has 2 aromatic heterocycles. The maximum absolute atomic E-state index is 6.03. The molecule has 26 heavy (non-hydrogen) atoms. The van der Waals surface area contributed by atoms with Crippen LogP contribution < -0.4 is 4.90 Å². The molecule has 0 bridgehead atoms. The Bertz CT molecular complexity index is 708. The maximum atomic E-state index is 6.03. The first-order valence-corrected chi connectivity index (χ1v) is 9.48. The van der Waals surface area contributed by atoms with Crippen LogP contribution in [-0.2, 0) is 11.3 Å².